The van der Waals surface area contributed by atoms with Gasteiger partial charge in [-0.05, 0) is 52.1 Å². The predicted molar refractivity (Wildman–Crippen MR) is 158 cm³/mol. The number of alkyl halides is 2. The zero-order valence-corrected chi connectivity index (χ0v) is 24.3. The Morgan fingerprint density at radius 3 is 2.57 bits per heavy atom. The number of likely N-dealkylation sites (N-methyl/N-ethyl adjacent to an activating group) is 2. The summed E-state index contributed by atoms with van der Waals surface area (Å²) >= 11 is 0. The summed E-state index contributed by atoms with van der Waals surface area (Å²) in [5.41, 5.74) is 2.87. The highest BCUT2D eigenvalue weighted by Gasteiger charge is 2.45. The van der Waals surface area contributed by atoms with E-state index in [0.29, 0.717) is 18.9 Å². The van der Waals surface area contributed by atoms with Gasteiger partial charge in [0, 0.05) is 56.1 Å². The number of aryl methyl sites for hydroxylation is 1. The Hall–Kier alpha value is -4.13. The average molecular weight is 583 g/mol. The van der Waals surface area contributed by atoms with E-state index < -0.39 is 11.5 Å². The van der Waals surface area contributed by atoms with Gasteiger partial charge in [0.05, 0.1) is 22.0 Å². The summed E-state index contributed by atoms with van der Waals surface area (Å²) in [5.74, 6) is 0.470. The number of nitrogens with one attached hydrogen (secondary N) is 1. The number of nitro benzene ring substituents is 1. The summed E-state index contributed by atoms with van der Waals surface area (Å²) in [5, 5.41) is 14.9. The maximum absolute atomic E-state index is 13.4. The maximum Gasteiger partial charge on any atom is 0.387 e. The lowest BCUT2D eigenvalue weighted by atomic mass is 9.73. The van der Waals surface area contributed by atoms with Crippen LogP contribution in [0.2, 0.25) is 0 Å². The fourth-order valence-electron chi connectivity index (χ4n) is 5.90. The van der Waals surface area contributed by atoms with Gasteiger partial charge in [-0.3, -0.25) is 15.1 Å². The lowest BCUT2D eigenvalue weighted by Crippen LogP contribution is -2.34. The van der Waals surface area contributed by atoms with Gasteiger partial charge in [-0.1, -0.05) is 19.3 Å². The molecule has 1 saturated carbocycles. The Bertz CT molecular complexity index is 1450. The highest BCUT2D eigenvalue weighted by atomic mass is 19.3. The van der Waals surface area contributed by atoms with Crippen molar-refractivity contribution in [2.75, 3.05) is 55.9 Å². The Morgan fingerprint density at radius 2 is 1.88 bits per heavy atom. The minimum Gasteiger partial charge on any atom is -0.433 e. The summed E-state index contributed by atoms with van der Waals surface area (Å²) in [7, 11) is 5.42. The van der Waals surface area contributed by atoms with Gasteiger partial charge in [-0.25, -0.2) is 4.98 Å². The maximum atomic E-state index is 13.4. The molecule has 2 aliphatic rings. The van der Waals surface area contributed by atoms with Crippen molar-refractivity contribution in [2.24, 2.45) is 0 Å². The molecular weight excluding hydrogens is 546 g/mol. The number of anilines is 5. The number of halogens is 2. The second-order valence-electron chi connectivity index (χ2n) is 11.3. The van der Waals surface area contributed by atoms with E-state index in [1.165, 1.54) is 18.6 Å². The third-order valence-corrected chi connectivity index (χ3v) is 8.03. The fourth-order valence-corrected chi connectivity index (χ4v) is 5.90. The smallest absolute Gasteiger partial charge is 0.387 e. The fraction of sp³-hybridized carbons (Fsp3) is 0.483. The third-order valence-electron chi connectivity index (χ3n) is 8.03. The number of hydrogen-bond acceptors (Lipinski definition) is 10. The van der Waals surface area contributed by atoms with Crippen LogP contribution in [-0.2, 0) is 5.41 Å². The molecule has 1 aliphatic heterocycles. The van der Waals surface area contributed by atoms with Gasteiger partial charge < -0.3 is 24.8 Å². The standard InChI is InChI=1S/C29H36F2N8O3/c1-19-8-9-21-26(33-19)29(11-6-5-7-12-29)18-38(21)25-10-13-32-28(35-25)34-20-16-23(39(40)41)22(17-24(20)42-27(30)31)37(4)15-14-36(2)3/h8-10,13,16-17,27H,5-7,11-12,14-15,18H2,1-4H3,(H,32,34,35). The van der Waals surface area contributed by atoms with Gasteiger partial charge in [-0.2, -0.15) is 13.8 Å². The summed E-state index contributed by atoms with van der Waals surface area (Å²) < 4.78 is 31.7. The molecule has 42 heavy (non-hydrogen) atoms. The van der Waals surface area contributed by atoms with Crippen LogP contribution in [0.25, 0.3) is 0 Å². The van der Waals surface area contributed by atoms with Crippen molar-refractivity contribution >= 4 is 34.5 Å². The van der Waals surface area contributed by atoms with Crippen LogP contribution in [0.3, 0.4) is 0 Å². The molecule has 0 bridgehead atoms. The molecule has 0 amide bonds. The molecule has 13 heteroatoms. The van der Waals surface area contributed by atoms with Crippen molar-refractivity contribution in [3.05, 3.63) is 58.0 Å². The van der Waals surface area contributed by atoms with Crippen LogP contribution in [-0.4, -0.2) is 72.2 Å². The first-order valence-electron chi connectivity index (χ1n) is 14.1. The molecule has 11 nitrogen and oxygen atoms in total. The quantitative estimate of drug-likeness (QED) is 0.233. The van der Waals surface area contributed by atoms with E-state index in [1.54, 1.807) is 24.2 Å². The van der Waals surface area contributed by atoms with Crippen molar-refractivity contribution in [3.8, 4) is 5.75 Å². The van der Waals surface area contributed by atoms with E-state index in [1.807, 2.05) is 32.0 Å². The van der Waals surface area contributed by atoms with Gasteiger partial charge in [0.1, 0.15) is 11.5 Å². The number of pyridine rings is 1. The Morgan fingerprint density at radius 1 is 1.12 bits per heavy atom. The van der Waals surface area contributed by atoms with Crippen LogP contribution >= 0.6 is 0 Å². The SMILES string of the molecule is Cc1ccc2c(n1)C1(CCCCC1)CN2c1ccnc(Nc2cc([N+](=O)[O-])c(N(C)CCN(C)C)cc2OC(F)F)n1. The van der Waals surface area contributed by atoms with E-state index in [4.69, 9.17) is 14.7 Å². The molecule has 1 N–H and O–H groups in total. The van der Waals surface area contributed by atoms with Crippen molar-refractivity contribution in [1.82, 2.24) is 19.9 Å². The van der Waals surface area contributed by atoms with E-state index in [9.17, 15) is 18.9 Å². The molecule has 5 rings (SSSR count). The van der Waals surface area contributed by atoms with Gasteiger partial charge in [-0.15, -0.1) is 0 Å². The second kappa shape index (κ2) is 12.0. The molecule has 2 aromatic heterocycles. The number of ether oxygens (including phenoxy) is 1. The summed E-state index contributed by atoms with van der Waals surface area (Å²) in [6, 6.07) is 8.28. The van der Waals surface area contributed by atoms with Crippen LogP contribution in [0.4, 0.5) is 43.3 Å². The number of nitro groups is 1. The summed E-state index contributed by atoms with van der Waals surface area (Å²) in [6.45, 7) is 0.634. The summed E-state index contributed by atoms with van der Waals surface area (Å²) in [4.78, 5) is 31.1. The predicted octanol–water partition coefficient (Wildman–Crippen LogP) is 5.78. The molecule has 3 heterocycles. The van der Waals surface area contributed by atoms with Gasteiger partial charge >= 0.3 is 6.61 Å². The number of hydrogen-bond donors (Lipinski definition) is 1. The first-order valence-corrected chi connectivity index (χ1v) is 14.1. The first kappa shape index (κ1) is 29.4. The minimum atomic E-state index is -3.14. The largest absolute Gasteiger partial charge is 0.433 e. The molecule has 1 fully saturated rings. The van der Waals surface area contributed by atoms with Gasteiger partial charge in [0.25, 0.3) is 5.69 Å². The van der Waals surface area contributed by atoms with E-state index in [0.717, 1.165) is 49.3 Å². The van der Waals surface area contributed by atoms with Crippen molar-refractivity contribution < 1.29 is 18.4 Å². The third kappa shape index (κ3) is 6.06. The van der Waals surface area contributed by atoms with Crippen molar-refractivity contribution in [3.63, 3.8) is 0 Å². The zero-order chi connectivity index (χ0) is 30.0. The molecular formula is C29H36F2N8O3. The van der Waals surface area contributed by atoms with Crippen LogP contribution in [0.15, 0.2) is 36.5 Å². The lowest BCUT2D eigenvalue weighted by molar-refractivity contribution is -0.384. The van der Waals surface area contributed by atoms with E-state index in [-0.39, 0.29) is 34.2 Å². The summed E-state index contributed by atoms with van der Waals surface area (Å²) in [6.07, 6.45) is 7.18. The monoisotopic (exact) mass is 582 g/mol. The lowest BCUT2D eigenvalue weighted by Gasteiger charge is -2.33. The molecule has 1 spiro atoms. The molecule has 1 aromatic carbocycles. The van der Waals surface area contributed by atoms with Crippen LogP contribution < -0.4 is 19.9 Å². The molecule has 0 unspecified atom stereocenters. The normalized spacial score (nSPS) is 15.8. The Balaban J connectivity index is 1.49. The van der Waals surface area contributed by atoms with E-state index >= 15 is 0 Å². The average Bonchev–Trinajstić information content (AvgIpc) is 3.25. The Labute approximate surface area is 243 Å². The second-order valence-corrected chi connectivity index (χ2v) is 11.3. The number of benzene rings is 1. The van der Waals surface area contributed by atoms with Gasteiger partial charge in [0.2, 0.25) is 5.95 Å². The number of nitrogens with zero attached hydrogens (tertiary/aromatic N) is 7. The van der Waals surface area contributed by atoms with Crippen LogP contribution in [0.5, 0.6) is 5.75 Å². The molecule has 0 radical (unpaired) electrons. The first-order chi connectivity index (χ1) is 20.1. The topological polar surface area (TPSA) is 113 Å². The molecule has 0 saturated heterocycles. The highest BCUT2D eigenvalue weighted by molar-refractivity contribution is 5.77. The van der Waals surface area contributed by atoms with E-state index in [2.05, 4.69) is 21.3 Å². The number of aromatic nitrogens is 3. The van der Waals surface area contributed by atoms with Crippen LogP contribution in [0.1, 0.15) is 43.5 Å². The molecule has 224 valence electrons. The minimum absolute atomic E-state index is 0.0354. The highest BCUT2D eigenvalue weighted by Crippen LogP contribution is 2.50. The molecule has 1 aliphatic carbocycles. The zero-order valence-electron chi connectivity index (χ0n) is 24.3. The van der Waals surface area contributed by atoms with Crippen molar-refractivity contribution in [2.45, 2.75) is 51.1 Å². The Kier molecular flexibility index (Phi) is 8.39. The molecule has 0 atom stereocenters. The number of fused-ring (bicyclic) bond motifs is 2. The van der Waals surface area contributed by atoms with Gasteiger partial charge in [0.15, 0.2) is 5.75 Å². The van der Waals surface area contributed by atoms with Crippen molar-refractivity contribution in [1.29, 1.82) is 0 Å². The number of rotatable bonds is 10. The molecule has 3 aromatic rings. The van der Waals surface area contributed by atoms with Crippen LogP contribution in [0, 0.1) is 17.0 Å².